The second-order valence-electron chi connectivity index (χ2n) is 4.92. The number of hydrogen-bond donors (Lipinski definition) is 2. The minimum Gasteiger partial charge on any atom is -0.389 e. The molecule has 0 aromatic heterocycles. The zero-order chi connectivity index (χ0) is 14.0. The first kappa shape index (κ1) is 13.8. The number of aliphatic hydroxyl groups excluding tert-OH is 1. The molecule has 19 heavy (non-hydrogen) atoms. The molecule has 0 saturated carbocycles. The predicted molar refractivity (Wildman–Crippen MR) is 71.6 cm³/mol. The maximum atomic E-state index is 13.6. The van der Waals surface area contributed by atoms with Crippen molar-refractivity contribution in [2.75, 3.05) is 24.5 Å². The highest BCUT2D eigenvalue weighted by molar-refractivity contribution is 5.77. The Kier molecular flexibility index (Phi) is 4.04. The van der Waals surface area contributed by atoms with Gasteiger partial charge in [-0.3, -0.25) is 4.79 Å². The van der Waals surface area contributed by atoms with E-state index in [2.05, 4.69) is 5.32 Å². The van der Waals surface area contributed by atoms with Crippen LogP contribution in [0.2, 0.25) is 0 Å². The number of halogens is 1. The Morgan fingerprint density at radius 1 is 1.42 bits per heavy atom. The van der Waals surface area contributed by atoms with Gasteiger partial charge >= 0.3 is 0 Å². The number of carbonyl (C=O) groups excluding carboxylic acids is 1. The second kappa shape index (κ2) is 5.57. The van der Waals surface area contributed by atoms with Crippen molar-refractivity contribution < 1.29 is 14.3 Å². The average Bonchev–Trinajstić information content (AvgIpc) is 2.57. The van der Waals surface area contributed by atoms with E-state index in [1.165, 1.54) is 6.07 Å². The standard InChI is InChI=1S/C14H19FN2O2/c1-9-7-13(11(10(2)18)8-12(9)15)17-5-3-14(19)16-4-6-17/h7-8,10,18H,3-6H2,1-2H3,(H,16,19). The van der Waals surface area contributed by atoms with Crippen LogP contribution < -0.4 is 10.2 Å². The normalized spacial score (nSPS) is 17.9. The van der Waals surface area contributed by atoms with Crippen LogP contribution in [0.4, 0.5) is 10.1 Å². The number of rotatable bonds is 2. The number of hydrogen-bond acceptors (Lipinski definition) is 3. The summed E-state index contributed by atoms with van der Waals surface area (Å²) >= 11 is 0. The molecule has 1 unspecified atom stereocenters. The molecular weight excluding hydrogens is 247 g/mol. The zero-order valence-corrected chi connectivity index (χ0v) is 11.2. The minimum atomic E-state index is -0.739. The highest BCUT2D eigenvalue weighted by Gasteiger charge is 2.19. The smallest absolute Gasteiger partial charge is 0.221 e. The van der Waals surface area contributed by atoms with E-state index >= 15 is 0 Å². The van der Waals surface area contributed by atoms with Crippen LogP contribution in [0, 0.1) is 12.7 Å². The average molecular weight is 266 g/mol. The fourth-order valence-electron chi connectivity index (χ4n) is 2.30. The van der Waals surface area contributed by atoms with Crippen molar-refractivity contribution in [3.63, 3.8) is 0 Å². The predicted octanol–water partition coefficient (Wildman–Crippen LogP) is 1.51. The summed E-state index contributed by atoms with van der Waals surface area (Å²) in [5.74, 6) is -0.288. The Hall–Kier alpha value is -1.62. The van der Waals surface area contributed by atoms with Crippen molar-refractivity contribution in [1.82, 2.24) is 5.32 Å². The third kappa shape index (κ3) is 3.04. The van der Waals surface area contributed by atoms with Gasteiger partial charge in [-0.25, -0.2) is 4.39 Å². The molecule has 104 valence electrons. The Labute approximate surface area is 112 Å². The first-order valence-electron chi connectivity index (χ1n) is 6.49. The molecule has 1 saturated heterocycles. The lowest BCUT2D eigenvalue weighted by Gasteiger charge is -2.26. The summed E-state index contributed by atoms with van der Waals surface area (Å²) in [6, 6.07) is 3.13. The third-order valence-corrected chi connectivity index (χ3v) is 3.41. The van der Waals surface area contributed by atoms with E-state index in [-0.39, 0.29) is 11.7 Å². The molecule has 1 aliphatic heterocycles. The molecular formula is C14H19FN2O2. The summed E-state index contributed by atoms with van der Waals surface area (Å²) in [6.45, 7) is 5.13. The molecule has 4 nitrogen and oxygen atoms in total. The largest absolute Gasteiger partial charge is 0.389 e. The fraction of sp³-hybridized carbons (Fsp3) is 0.500. The molecule has 1 aliphatic rings. The summed E-state index contributed by atoms with van der Waals surface area (Å²) in [4.78, 5) is 13.4. The molecule has 0 radical (unpaired) electrons. The topological polar surface area (TPSA) is 52.6 Å². The number of carbonyl (C=O) groups is 1. The van der Waals surface area contributed by atoms with Gasteiger partial charge in [-0.2, -0.15) is 0 Å². The molecule has 1 heterocycles. The molecule has 2 rings (SSSR count). The van der Waals surface area contributed by atoms with Gasteiger partial charge in [-0.05, 0) is 31.5 Å². The van der Waals surface area contributed by atoms with Crippen LogP contribution >= 0.6 is 0 Å². The van der Waals surface area contributed by atoms with E-state index in [0.29, 0.717) is 37.2 Å². The number of nitrogens with one attached hydrogen (secondary N) is 1. The molecule has 1 atom stereocenters. The summed E-state index contributed by atoms with van der Waals surface area (Å²) < 4.78 is 13.6. The van der Waals surface area contributed by atoms with E-state index in [4.69, 9.17) is 0 Å². The number of anilines is 1. The van der Waals surface area contributed by atoms with Crippen LogP contribution in [0.1, 0.15) is 30.6 Å². The van der Waals surface area contributed by atoms with Gasteiger partial charge in [0.15, 0.2) is 0 Å². The van der Waals surface area contributed by atoms with Crippen LogP contribution in [0.3, 0.4) is 0 Å². The second-order valence-corrected chi connectivity index (χ2v) is 4.92. The van der Waals surface area contributed by atoms with Crippen molar-refractivity contribution in [1.29, 1.82) is 0 Å². The molecule has 1 fully saturated rings. The zero-order valence-electron chi connectivity index (χ0n) is 11.2. The van der Waals surface area contributed by atoms with Gasteiger partial charge in [0, 0.05) is 37.3 Å². The maximum absolute atomic E-state index is 13.6. The van der Waals surface area contributed by atoms with Crippen molar-refractivity contribution in [2.45, 2.75) is 26.4 Å². The van der Waals surface area contributed by atoms with Crippen molar-refractivity contribution in [2.24, 2.45) is 0 Å². The molecule has 1 amide bonds. The summed E-state index contributed by atoms with van der Waals surface area (Å²) in [7, 11) is 0. The number of benzene rings is 1. The molecule has 0 spiro atoms. The van der Waals surface area contributed by atoms with Crippen LogP contribution in [-0.4, -0.2) is 30.6 Å². The Balaban J connectivity index is 2.36. The lowest BCUT2D eigenvalue weighted by Crippen LogP contribution is -2.29. The van der Waals surface area contributed by atoms with Gasteiger partial charge in [-0.15, -0.1) is 0 Å². The monoisotopic (exact) mass is 266 g/mol. The SMILES string of the molecule is Cc1cc(N2CCNC(=O)CC2)c(C(C)O)cc1F. The van der Waals surface area contributed by atoms with E-state index < -0.39 is 6.10 Å². The Morgan fingerprint density at radius 2 is 2.16 bits per heavy atom. The van der Waals surface area contributed by atoms with Gasteiger partial charge in [0.2, 0.25) is 5.91 Å². The van der Waals surface area contributed by atoms with Crippen LogP contribution in [-0.2, 0) is 4.79 Å². The lowest BCUT2D eigenvalue weighted by atomic mass is 10.0. The fourth-order valence-corrected chi connectivity index (χ4v) is 2.30. The molecule has 2 N–H and O–H groups in total. The number of aliphatic hydroxyl groups is 1. The van der Waals surface area contributed by atoms with E-state index in [0.717, 1.165) is 5.69 Å². The Bertz CT molecular complexity index is 489. The number of amides is 1. The van der Waals surface area contributed by atoms with Gasteiger partial charge in [0.25, 0.3) is 0 Å². The van der Waals surface area contributed by atoms with E-state index in [1.54, 1.807) is 19.9 Å². The lowest BCUT2D eigenvalue weighted by molar-refractivity contribution is -0.120. The van der Waals surface area contributed by atoms with Crippen molar-refractivity contribution >= 4 is 11.6 Å². The molecule has 0 bridgehead atoms. The highest BCUT2D eigenvalue weighted by Crippen LogP contribution is 2.29. The molecule has 1 aromatic carbocycles. The van der Waals surface area contributed by atoms with Crippen LogP contribution in [0.25, 0.3) is 0 Å². The van der Waals surface area contributed by atoms with Crippen molar-refractivity contribution in [3.8, 4) is 0 Å². The first-order chi connectivity index (χ1) is 8.99. The highest BCUT2D eigenvalue weighted by atomic mass is 19.1. The first-order valence-corrected chi connectivity index (χ1v) is 6.49. The van der Waals surface area contributed by atoms with Gasteiger partial charge < -0.3 is 15.3 Å². The molecule has 1 aromatic rings. The van der Waals surface area contributed by atoms with Gasteiger partial charge in [-0.1, -0.05) is 0 Å². The third-order valence-electron chi connectivity index (χ3n) is 3.41. The van der Waals surface area contributed by atoms with E-state index in [1.807, 2.05) is 4.90 Å². The number of aryl methyl sites for hydroxylation is 1. The van der Waals surface area contributed by atoms with Crippen molar-refractivity contribution in [3.05, 3.63) is 29.1 Å². The van der Waals surface area contributed by atoms with E-state index in [9.17, 15) is 14.3 Å². The maximum Gasteiger partial charge on any atom is 0.221 e. The van der Waals surface area contributed by atoms with Gasteiger partial charge in [0.1, 0.15) is 5.82 Å². The van der Waals surface area contributed by atoms with Crippen LogP contribution in [0.5, 0.6) is 0 Å². The molecule has 5 heteroatoms. The van der Waals surface area contributed by atoms with Gasteiger partial charge in [0.05, 0.1) is 6.10 Å². The van der Waals surface area contributed by atoms with Crippen LogP contribution in [0.15, 0.2) is 12.1 Å². The minimum absolute atomic E-state index is 0.0277. The number of nitrogens with zero attached hydrogens (tertiary/aromatic N) is 1. The summed E-state index contributed by atoms with van der Waals surface area (Å²) in [5, 5.41) is 12.6. The molecule has 0 aliphatic carbocycles. The quantitative estimate of drug-likeness (QED) is 0.853. The summed E-state index contributed by atoms with van der Waals surface area (Å²) in [6.07, 6.45) is -0.327. The Morgan fingerprint density at radius 3 is 2.84 bits per heavy atom. The summed E-state index contributed by atoms with van der Waals surface area (Å²) in [5.41, 5.74) is 1.92.